The van der Waals surface area contributed by atoms with Crippen LogP contribution in [0.25, 0.3) is 0 Å². The number of ether oxygens (including phenoxy) is 1. The van der Waals surface area contributed by atoms with Crippen molar-refractivity contribution in [2.24, 2.45) is 0 Å². The van der Waals surface area contributed by atoms with Gasteiger partial charge in [-0.3, -0.25) is 9.59 Å². The normalized spacial score (nSPS) is 21.2. The summed E-state index contributed by atoms with van der Waals surface area (Å²) in [6, 6.07) is 7.63. The number of rotatable bonds is 4. The molecule has 114 valence electrons. The second kappa shape index (κ2) is 6.18. The van der Waals surface area contributed by atoms with Crippen LogP contribution >= 0.6 is 0 Å². The number of benzene rings is 1. The first-order chi connectivity index (χ1) is 10.7. The first-order valence-corrected chi connectivity index (χ1v) is 7.59. The molecule has 0 radical (unpaired) electrons. The average Bonchev–Trinajstić information content (AvgIpc) is 2.52. The van der Waals surface area contributed by atoms with E-state index in [1.54, 1.807) is 6.08 Å². The highest BCUT2D eigenvalue weighted by atomic mass is 16.5. The van der Waals surface area contributed by atoms with Crippen LogP contribution in [0.15, 0.2) is 48.2 Å². The van der Waals surface area contributed by atoms with Crippen LogP contribution in [0.5, 0.6) is 5.75 Å². The van der Waals surface area contributed by atoms with Gasteiger partial charge in [0.1, 0.15) is 12.4 Å². The number of nitrogens with one attached hydrogen (secondary N) is 1. The summed E-state index contributed by atoms with van der Waals surface area (Å²) in [5.41, 5.74) is 2.61. The van der Waals surface area contributed by atoms with Crippen molar-refractivity contribution in [1.82, 2.24) is 5.32 Å². The predicted octanol–water partition coefficient (Wildman–Crippen LogP) is 2.86. The van der Waals surface area contributed by atoms with E-state index in [4.69, 9.17) is 4.74 Å². The molecule has 1 amide bonds. The molecule has 0 saturated heterocycles. The molecule has 1 aromatic carbocycles. The lowest BCUT2D eigenvalue weighted by atomic mass is 9.78. The minimum Gasteiger partial charge on any atom is -0.490 e. The number of amides is 1. The summed E-state index contributed by atoms with van der Waals surface area (Å²) >= 11 is 0. The van der Waals surface area contributed by atoms with Crippen molar-refractivity contribution < 1.29 is 14.3 Å². The van der Waals surface area contributed by atoms with Crippen molar-refractivity contribution in [2.45, 2.75) is 31.6 Å². The zero-order valence-corrected chi connectivity index (χ0v) is 12.4. The molecule has 2 aliphatic rings. The number of allylic oxidation sites excluding steroid dienone is 2. The molecule has 0 fully saturated rings. The molecule has 0 saturated carbocycles. The van der Waals surface area contributed by atoms with Gasteiger partial charge in [0.15, 0.2) is 5.78 Å². The van der Waals surface area contributed by atoms with Crippen molar-refractivity contribution in [3.8, 4) is 5.75 Å². The summed E-state index contributed by atoms with van der Waals surface area (Å²) in [6.07, 6.45) is 4.20. The Balaban J connectivity index is 1.90. The minimum atomic E-state index is -0.134. The first-order valence-electron chi connectivity index (χ1n) is 7.59. The Bertz CT molecular complexity index is 643. The van der Waals surface area contributed by atoms with Crippen molar-refractivity contribution in [3.63, 3.8) is 0 Å². The molecule has 3 rings (SSSR count). The molecule has 1 N–H and O–H groups in total. The van der Waals surface area contributed by atoms with Gasteiger partial charge >= 0.3 is 0 Å². The molecule has 1 atom stereocenters. The van der Waals surface area contributed by atoms with E-state index in [0.29, 0.717) is 19.4 Å². The maximum absolute atomic E-state index is 12.3. The van der Waals surface area contributed by atoms with Gasteiger partial charge in [-0.15, -0.1) is 0 Å². The summed E-state index contributed by atoms with van der Waals surface area (Å²) in [4.78, 5) is 24.2. The van der Waals surface area contributed by atoms with Crippen LogP contribution in [0.1, 0.15) is 37.2 Å². The predicted molar refractivity (Wildman–Crippen MR) is 83.5 cm³/mol. The Kier molecular flexibility index (Phi) is 4.09. The van der Waals surface area contributed by atoms with E-state index in [0.717, 1.165) is 35.4 Å². The fourth-order valence-corrected chi connectivity index (χ4v) is 3.14. The number of ketones is 1. The topological polar surface area (TPSA) is 55.4 Å². The zero-order valence-electron chi connectivity index (χ0n) is 12.4. The Hall–Kier alpha value is -2.36. The highest BCUT2D eigenvalue weighted by Gasteiger charge is 2.34. The molecule has 1 aliphatic heterocycles. The number of Topliss-reactive ketones (excluding diaryl/α,β-unsaturated/α-hetero) is 1. The molecule has 0 unspecified atom stereocenters. The summed E-state index contributed by atoms with van der Waals surface area (Å²) in [6.45, 7) is 4.07. The Morgan fingerprint density at radius 1 is 1.23 bits per heavy atom. The van der Waals surface area contributed by atoms with Crippen LogP contribution in [-0.2, 0) is 9.59 Å². The van der Waals surface area contributed by atoms with Crippen molar-refractivity contribution in [3.05, 3.63) is 53.8 Å². The molecule has 22 heavy (non-hydrogen) atoms. The van der Waals surface area contributed by atoms with Crippen molar-refractivity contribution in [2.75, 3.05) is 6.61 Å². The lowest BCUT2D eigenvalue weighted by Gasteiger charge is -2.31. The van der Waals surface area contributed by atoms with Crippen LogP contribution in [0.3, 0.4) is 0 Å². The van der Waals surface area contributed by atoms with Crippen LogP contribution in [0.4, 0.5) is 0 Å². The quantitative estimate of drug-likeness (QED) is 0.869. The Labute approximate surface area is 129 Å². The first kappa shape index (κ1) is 14.6. The maximum atomic E-state index is 12.3. The standard InChI is InChI=1S/C18H19NO3/c1-2-10-22-13-8-6-12(7-9-13)14-11-17(21)19-15-4-3-5-16(20)18(14)15/h2,6-9,14H,1,3-5,10-11H2,(H,19,21)/t14-/m0/s1. The third-order valence-electron chi connectivity index (χ3n) is 4.13. The SMILES string of the molecule is C=CCOc1ccc([C@@H]2CC(=O)NC3=C2C(=O)CCC3)cc1. The molecule has 1 aliphatic carbocycles. The van der Waals surface area contributed by atoms with Gasteiger partial charge in [-0.1, -0.05) is 24.8 Å². The highest BCUT2D eigenvalue weighted by Crippen LogP contribution is 2.38. The zero-order chi connectivity index (χ0) is 15.5. The van der Waals surface area contributed by atoms with E-state index >= 15 is 0 Å². The second-order valence-electron chi connectivity index (χ2n) is 5.64. The van der Waals surface area contributed by atoms with E-state index in [9.17, 15) is 9.59 Å². The molecule has 0 spiro atoms. The molecule has 0 bridgehead atoms. The number of hydrogen-bond acceptors (Lipinski definition) is 3. The molecular weight excluding hydrogens is 278 g/mol. The number of carbonyl (C=O) groups is 2. The van der Waals surface area contributed by atoms with E-state index in [2.05, 4.69) is 11.9 Å². The molecule has 4 heteroatoms. The summed E-state index contributed by atoms with van der Waals surface area (Å²) in [5, 5.41) is 2.87. The molecule has 0 aromatic heterocycles. The van der Waals surface area contributed by atoms with Gasteiger partial charge in [0.05, 0.1) is 0 Å². The fraction of sp³-hybridized carbons (Fsp3) is 0.333. The lowest BCUT2D eigenvalue weighted by Crippen LogP contribution is -2.36. The van der Waals surface area contributed by atoms with Crippen LogP contribution < -0.4 is 10.1 Å². The largest absolute Gasteiger partial charge is 0.490 e. The Morgan fingerprint density at radius 3 is 2.73 bits per heavy atom. The lowest BCUT2D eigenvalue weighted by molar-refractivity contribution is -0.122. The maximum Gasteiger partial charge on any atom is 0.225 e. The van der Waals surface area contributed by atoms with Crippen molar-refractivity contribution >= 4 is 11.7 Å². The van der Waals surface area contributed by atoms with Crippen LogP contribution in [0, 0.1) is 0 Å². The van der Waals surface area contributed by atoms with Gasteiger partial charge in [0.25, 0.3) is 0 Å². The monoisotopic (exact) mass is 297 g/mol. The molecule has 1 heterocycles. The van der Waals surface area contributed by atoms with Gasteiger partial charge in [0, 0.05) is 30.0 Å². The number of carbonyl (C=O) groups excluding carboxylic acids is 2. The molecular formula is C18H19NO3. The summed E-state index contributed by atoms with van der Waals surface area (Å²) < 4.78 is 5.47. The average molecular weight is 297 g/mol. The summed E-state index contributed by atoms with van der Waals surface area (Å²) in [5.74, 6) is 0.779. The van der Waals surface area contributed by atoms with E-state index in [1.807, 2.05) is 24.3 Å². The Morgan fingerprint density at radius 2 is 2.00 bits per heavy atom. The summed E-state index contributed by atoms with van der Waals surface area (Å²) in [7, 11) is 0. The highest BCUT2D eigenvalue weighted by molar-refractivity contribution is 6.01. The van der Waals surface area contributed by atoms with Crippen molar-refractivity contribution in [1.29, 1.82) is 0 Å². The van der Waals surface area contributed by atoms with Crippen LogP contribution in [0.2, 0.25) is 0 Å². The third kappa shape index (κ3) is 2.82. The van der Waals surface area contributed by atoms with Gasteiger partial charge in [-0.05, 0) is 30.5 Å². The second-order valence-corrected chi connectivity index (χ2v) is 5.64. The molecule has 4 nitrogen and oxygen atoms in total. The molecule has 1 aromatic rings. The van der Waals surface area contributed by atoms with E-state index in [-0.39, 0.29) is 17.6 Å². The van der Waals surface area contributed by atoms with E-state index < -0.39 is 0 Å². The van der Waals surface area contributed by atoms with Gasteiger partial charge < -0.3 is 10.1 Å². The van der Waals surface area contributed by atoms with Gasteiger partial charge in [-0.2, -0.15) is 0 Å². The minimum absolute atomic E-state index is 0.00886. The third-order valence-corrected chi connectivity index (χ3v) is 4.13. The van der Waals surface area contributed by atoms with Gasteiger partial charge in [0.2, 0.25) is 5.91 Å². The number of hydrogen-bond donors (Lipinski definition) is 1. The van der Waals surface area contributed by atoms with Gasteiger partial charge in [-0.25, -0.2) is 0 Å². The van der Waals surface area contributed by atoms with Crippen LogP contribution in [-0.4, -0.2) is 18.3 Å². The smallest absolute Gasteiger partial charge is 0.225 e. The fourth-order valence-electron chi connectivity index (χ4n) is 3.14. The van der Waals surface area contributed by atoms with E-state index in [1.165, 1.54) is 0 Å².